The van der Waals surface area contributed by atoms with Crippen LogP contribution in [0.5, 0.6) is 0 Å². The lowest BCUT2D eigenvalue weighted by Gasteiger charge is -2.05. The Morgan fingerprint density at radius 3 is 2.82 bits per heavy atom. The Morgan fingerprint density at radius 2 is 2.18 bits per heavy atom. The number of amides is 1. The van der Waals surface area contributed by atoms with Crippen LogP contribution in [0.1, 0.15) is 24.3 Å². The van der Waals surface area contributed by atoms with Gasteiger partial charge in [-0.1, -0.05) is 11.6 Å². The first-order valence-electron chi connectivity index (χ1n) is 5.26. The van der Waals surface area contributed by atoms with Gasteiger partial charge in [0.25, 0.3) is 5.91 Å². The predicted octanol–water partition coefficient (Wildman–Crippen LogP) is 3.10. The largest absolute Gasteiger partial charge is 0.350 e. The molecule has 0 saturated heterocycles. The number of H-pyrrole nitrogens is 1. The molecule has 1 aromatic carbocycles. The molecule has 0 atom stereocenters. The Bertz CT molecular complexity index is 577. The highest BCUT2D eigenvalue weighted by molar-refractivity contribution is 6.35. The van der Waals surface area contributed by atoms with Crippen molar-refractivity contribution in [1.29, 1.82) is 0 Å². The van der Waals surface area contributed by atoms with Gasteiger partial charge >= 0.3 is 0 Å². The number of hydrogen-bond donors (Lipinski definition) is 2. The van der Waals surface area contributed by atoms with Gasteiger partial charge in [0.05, 0.1) is 5.02 Å². The van der Waals surface area contributed by atoms with Gasteiger partial charge in [0.15, 0.2) is 0 Å². The van der Waals surface area contributed by atoms with E-state index in [1.807, 2.05) is 13.8 Å². The van der Waals surface area contributed by atoms with Gasteiger partial charge in [0, 0.05) is 16.9 Å². The highest BCUT2D eigenvalue weighted by Gasteiger charge is 2.13. The number of fused-ring (bicyclic) bond motifs is 1. The molecule has 0 radical (unpaired) electrons. The molecule has 1 amide bonds. The normalized spacial score (nSPS) is 11.1. The molecule has 90 valence electrons. The Labute approximate surface area is 103 Å². The van der Waals surface area contributed by atoms with Crippen LogP contribution in [-0.4, -0.2) is 16.9 Å². The number of halogens is 2. The van der Waals surface area contributed by atoms with Gasteiger partial charge in [-0.3, -0.25) is 4.79 Å². The Balaban J connectivity index is 2.45. The summed E-state index contributed by atoms with van der Waals surface area (Å²) in [5, 5.41) is 3.29. The summed E-state index contributed by atoms with van der Waals surface area (Å²) in [6, 6.07) is 4.42. The Kier molecular flexibility index (Phi) is 3.07. The van der Waals surface area contributed by atoms with Crippen LogP contribution in [0.3, 0.4) is 0 Å². The van der Waals surface area contributed by atoms with Crippen LogP contribution < -0.4 is 5.32 Å². The highest BCUT2D eigenvalue weighted by atomic mass is 35.5. The molecular formula is C12H12ClFN2O. The van der Waals surface area contributed by atoms with E-state index in [2.05, 4.69) is 10.3 Å². The van der Waals surface area contributed by atoms with Crippen molar-refractivity contribution in [1.82, 2.24) is 10.3 Å². The maximum atomic E-state index is 13.2. The zero-order chi connectivity index (χ0) is 12.6. The third-order valence-electron chi connectivity index (χ3n) is 2.36. The number of benzene rings is 1. The number of rotatable bonds is 2. The molecule has 17 heavy (non-hydrogen) atoms. The molecule has 0 fully saturated rings. The van der Waals surface area contributed by atoms with Gasteiger partial charge in [-0.05, 0) is 32.0 Å². The van der Waals surface area contributed by atoms with E-state index in [-0.39, 0.29) is 17.0 Å². The smallest absolute Gasteiger partial charge is 0.267 e. The molecule has 1 aromatic heterocycles. The number of nitrogens with one attached hydrogen (secondary N) is 2. The Hall–Kier alpha value is -1.55. The lowest BCUT2D eigenvalue weighted by Crippen LogP contribution is -2.30. The van der Waals surface area contributed by atoms with Gasteiger partial charge in [-0.15, -0.1) is 0 Å². The monoisotopic (exact) mass is 254 g/mol. The summed E-state index contributed by atoms with van der Waals surface area (Å²) in [5.41, 5.74) is 1.02. The summed E-state index contributed by atoms with van der Waals surface area (Å²) in [4.78, 5) is 14.6. The second-order valence-electron chi connectivity index (χ2n) is 4.13. The van der Waals surface area contributed by atoms with Crippen molar-refractivity contribution >= 4 is 28.4 Å². The zero-order valence-corrected chi connectivity index (χ0v) is 10.2. The lowest BCUT2D eigenvalue weighted by atomic mass is 10.2. The molecule has 0 aliphatic heterocycles. The fourth-order valence-electron chi connectivity index (χ4n) is 1.60. The second-order valence-corrected chi connectivity index (χ2v) is 4.51. The van der Waals surface area contributed by atoms with Crippen LogP contribution in [-0.2, 0) is 0 Å². The summed E-state index contributed by atoms with van der Waals surface area (Å²) in [6.45, 7) is 3.74. The average Bonchev–Trinajstić information content (AvgIpc) is 2.67. The molecule has 2 rings (SSSR count). The topological polar surface area (TPSA) is 44.9 Å². The molecule has 0 aliphatic carbocycles. The average molecular weight is 255 g/mol. The lowest BCUT2D eigenvalue weighted by molar-refractivity contribution is 0.0939. The summed E-state index contributed by atoms with van der Waals surface area (Å²) in [5.74, 6) is -0.721. The molecule has 2 N–H and O–H groups in total. The fraction of sp³-hybridized carbons (Fsp3) is 0.250. The first kappa shape index (κ1) is 11.9. The van der Waals surface area contributed by atoms with Crippen LogP contribution in [0.4, 0.5) is 4.39 Å². The number of aromatic nitrogens is 1. The quantitative estimate of drug-likeness (QED) is 0.850. The van der Waals surface area contributed by atoms with Crippen LogP contribution in [0.2, 0.25) is 5.02 Å². The molecule has 0 bridgehead atoms. The fourth-order valence-corrected chi connectivity index (χ4v) is 1.82. The van der Waals surface area contributed by atoms with Crippen molar-refractivity contribution in [3.05, 3.63) is 34.7 Å². The van der Waals surface area contributed by atoms with E-state index in [1.54, 1.807) is 12.1 Å². The summed E-state index contributed by atoms with van der Waals surface area (Å²) in [7, 11) is 0. The third-order valence-corrected chi connectivity index (χ3v) is 2.74. The van der Waals surface area contributed by atoms with E-state index >= 15 is 0 Å². The molecule has 2 aromatic rings. The molecule has 5 heteroatoms. The van der Waals surface area contributed by atoms with Gasteiger partial charge in [-0.2, -0.15) is 0 Å². The standard InChI is InChI=1S/C12H12ClFN2O/c1-6(2)15-12(17)10-5-7-9(16-10)4-3-8(14)11(7)13/h3-6,16H,1-2H3,(H,15,17). The highest BCUT2D eigenvalue weighted by Crippen LogP contribution is 2.26. The second kappa shape index (κ2) is 4.37. The minimum absolute atomic E-state index is 0.0300. The van der Waals surface area contributed by atoms with Gasteiger partial charge in [-0.25, -0.2) is 4.39 Å². The number of carbonyl (C=O) groups excluding carboxylic acids is 1. The van der Waals surface area contributed by atoms with E-state index in [0.717, 1.165) is 0 Å². The van der Waals surface area contributed by atoms with Gasteiger partial charge in [0.1, 0.15) is 11.5 Å². The van der Waals surface area contributed by atoms with Crippen LogP contribution in [0.15, 0.2) is 18.2 Å². The van der Waals surface area contributed by atoms with E-state index in [9.17, 15) is 9.18 Å². The maximum absolute atomic E-state index is 13.2. The number of aromatic amines is 1. The molecule has 0 aliphatic rings. The van der Waals surface area contributed by atoms with E-state index in [1.165, 1.54) is 6.07 Å². The van der Waals surface area contributed by atoms with Crippen molar-refractivity contribution in [3.8, 4) is 0 Å². The Morgan fingerprint density at radius 1 is 1.47 bits per heavy atom. The molecular weight excluding hydrogens is 243 g/mol. The summed E-state index contributed by atoms with van der Waals surface area (Å²) in [6.07, 6.45) is 0. The summed E-state index contributed by atoms with van der Waals surface area (Å²) < 4.78 is 13.2. The van der Waals surface area contributed by atoms with Gasteiger partial charge < -0.3 is 10.3 Å². The number of carbonyl (C=O) groups is 1. The molecule has 0 unspecified atom stereocenters. The SMILES string of the molecule is CC(C)NC(=O)c1cc2c(Cl)c(F)ccc2[nH]1. The van der Waals surface area contributed by atoms with Crippen molar-refractivity contribution in [2.24, 2.45) is 0 Å². The van der Waals surface area contributed by atoms with Crippen molar-refractivity contribution in [2.45, 2.75) is 19.9 Å². The van der Waals surface area contributed by atoms with Crippen LogP contribution >= 0.6 is 11.6 Å². The molecule has 1 heterocycles. The maximum Gasteiger partial charge on any atom is 0.267 e. The van der Waals surface area contributed by atoms with E-state index in [4.69, 9.17) is 11.6 Å². The zero-order valence-electron chi connectivity index (χ0n) is 9.47. The van der Waals surface area contributed by atoms with Crippen LogP contribution in [0.25, 0.3) is 10.9 Å². The third kappa shape index (κ3) is 2.26. The first-order valence-corrected chi connectivity index (χ1v) is 5.64. The van der Waals surface area contributed by atoms with E-state index in [0.29, 0.717) is 16.6 Å². The van der Waals surface area contributed by atoms with E-state index < -0.39 is 5.82 Å². The minimum atomic E-state index is -0.492. The van der Waals surface area contributed by atoms with Crippen molar-refractivity contribution in [3.63, 3.8) is 0 Å². The minimum Gasteiger partial charge on any atom is -0.350 e. The van der Waals surface area contributed by atoms with Gasteiger partial charge in [0.2, 0.25) is 0 Å². The molecule has 0 spiro atoms. The molecule has 0 saturated carbocycles. The predicted molar refractivity (Wildman–Crippen MR) is 65.9 cm³/mol. The molecule has 3 nitrogen and oxygen atoms in total. The summed E-state index contributed by atoms with van der Waals surface area (Å²) >= 11 is 5.82. The van der Waals surface area contributed by atoms with Crippen molar-refractivity contribution in [2.75, 3.05) is 0 Å². The van der Waals surface area contributed by atoms with Crippen LogP contribution in [0, 0.1) is 5.82 Å². The van der Waals surface area contributed by atoms with Crippen molar-refractivity contribution < 1.29 is 9.18 Å². The first-order chi connectivity index (χ1) is 7.99. The number of hydrogen-bond acceptors (Lipinski definition) is 1.